The van der Waals surface area contributed by atoms with E-state index in [2.05, 4.69) is 92.0 Å². The van der Waals surface area contributed by atoms with Gasteiger partial charge in [-0.15, -0.1) is 0 Å². The summed E-state index contributed by atoms with van der Waals surface area (Å²) in [4.78, 5) is 0. The highest BCUT2D eigenvalue weighted by atomic mass is 32.2. The predicted octanol–water partition coefficient (Wildman–Crippen LogP) is 11.1. The van der Waals surface area contributed by atoms with E-state index in [9.17, 15) is 0 Å². The lowest BCUT2D eigenvalue weighted by Gasteiger charge is -2.45. The molecule has 224 valence electrons. The maximum atomic E-state index is 2.92. The Morgan fingerprint density at radius 1 is 0.462 bits per heavy atom. The van der Waals surface area contributed by atoms with Crippen LogP contribution >= 0.6 is 23.5 Å². The fourth-order valence-electron chi connectivity index (χ4n) is 13.2. The lowest BCUT2D eigenvalue weighted by Crippen LogP contribution is -2.47. The monoisotopic (exact) mass is 588 g/mol. The van der Waals surface area contributed by atoms with Gasteiger partial charge in [0.2, 0.25) is 0 Å². The number of fused-ring (bicyclic) bond motifs is 2. The van der Waals surface area contributed by atoms with E-state index in [0.717, 1.165) is 103 Å². The molecule has 0 nitrogen and oxygen atoms in total. The first-order valence-corrected chi connectivity index (χ1v) is 22.7. The van der Waals surface area contributed by atoms with Crippen molar-refractivity contribution in [3.63, 3.8) is 0 Å². The van der Waals surface area contributed by atoms with Crippen LogP contribution in [0.2, 0.25) is 24.2 Å². The van der Waals surface area contributed by atoms with Crippen LogP contribution < -0.4 is 0 Å². The van der Waals surface area contributed by atoms with Gasteiger partial charge in [-0.05, 0) is 108 Å². The smallest absolute Gasteiger partial charge is 0.0563 e. The largest absolute Gasteiger partial charge is 0.155 e. The van der Waals surface area contributed by atoms with Gasteiger partial charge in [-0.2, -0.15) is 23.5 Å². The van der Waals surface area contributed by atoms with E-state index >= 15 is 0 Å². The first-order valence-electron chi connectivity index (χ1n) is 17.7. The molecule has 0 amide bonds. The number of hydrogen-bond donors (Lipinski definition) is 0. The Morgan fingerprint density at radius 3 is 1.23 bits per heavy atom. The topological polar surface area (TPSA) is 0 Å². The number of rotatable bonds is 4. The maximum absolute atomic E-state index is 2.92. The first kappa shape index (κ1) is 30.0. The van der Waals surface area contributed by atoms with Crippen molar-refractivity contribution in [2.24, 2.45) is 71.0 Å². The summed E-state index contributed by atoms with van der Waals surface area (Å²) in [6.07, 6.45) is 12.1. The molecule has 0 aromatic heterocycles. The van der Waals surface area contributed by atoms with Crippen LogP contribution in [0.25, 0.3) is 0 Å². The molecule has 18 unspecified atom stereocenters. The normalized spacial score (nSPS) is 58.0. The highest BCUT2D eigenvalue weighted by Crippen LogP contribution is 2.70. The Kier molecular flexibility index (Phi) is 8.55. The van der Waals surface area contributed by atoms with E-state index in [1.165, 1.54) is 38.5 Å². The highest BCUT2D eigenvalue weighted by Gasteiger charge is 2.64. The van der Waals surface area contributed by atoms with Crippen molar-refractivity contribution in [1.29, 1.82) is 0 Å². The molecule has 39 heavy (non-hydrogen) atoms. The lowest BCUT2D eigenvalue weighted by atomic mass is 9.65. The van der Waals surface area contributed by atoms with Crippen LogP contribution in [0, 0.1) is 71.0 Å². The van der Waals surface area contributed by atoms with E-state index in [1.54, 1.807) is 12.8 Å². The zero-order valence-corrected chi connectivity index (χ0v) is 30.0. The Morgan fingerprint density at radius 2 is 0.846 bits per heavy atom. The third-order valence-corrected chi connectivity index (χ3v) is 23.8. The minimum Gasteiger partial charge on any atom is -0.155 e. The minimum absolute atomic E-state index is 0.895. The molecular weight excluding hydrogens is 525 g/mol. The summed E-state index contributed by atoms with van der Waals surface area (Å²) in [6.45, 7) is 27.0. The van der Waals surface area contributed by atoms with E-state index in [1.807, 2.05) is 0 Å². The molecule has 0 N–H and O–H groups in total. The van der Waals surface area contributed by atoms with Crippen LogP contribution in [0.3, 0.4) is 0 Å². The summed E-state index contributed by atoms with van der Waals surface area (Å²) in [5, 5.41) is 3.75. The summed E-state index contributed by atoms with van der Waals surface area (Å²) in [5.41, 5.74) is 2.09. The van der Waals surface area contributed by atoms with Gasteiger partial charge in [-0.25, -0.2) is 0 Å². The van der Waals surface area contributed by atoms with Gasteiger partial charge in [-0.1, -0.05) is 94.2 Å². The standard InChI is InChI=1S/C36H64S2Si/c1-19-11-13-21(3)27(15-19)31-25(7)37-33-29(31)17-23(5)35(33)39(9,10)36-24(6)18-30-32(26(8)38-34(30)36)28-16-20(2)12-14-22(28)4/h19-36H,11-18H2,1-10H3. The van der Waals surface area contributed by atoms with Crippen LogP contribution in [0.4, 0.5) is 0 Å². The van der Waals surface area contributed by atoms with E-state index in [4.69, 9.17) is 0 Å². The molecule has 0 radical (unpaired) electrons. The van der Waals surface area contributed by atoms with Crippen molar-refractivity contribution in [2.75, 3.05) is 0 Å². The Labute approximate surface area is 253 Å². The van der Waals surface area contributed by atoms with Gasteiger partial charge in [0.25, 0.3) is 0 Å². The summed E-state index contributed by atoms with van der Waals surface area (Å²) in [5.74, 6) is 11.8. The van der Waals surface area contributed by atoms with Crippen molar-refractivity contribution in [3.05, 3.63) is 0 Å². The summed E-state index contributed by atoms with van der Waals surface area (Å²) < 4.78 is 0. The molecule has 4 saturated carbocycles. The fourth-order valence-corrected chi connectivity index (χ4v) is 25.6. The van der Waals surface area contributed by atoms with Gasteiger partial charge < -0.3 is 0 Å². The molecule has 0 aromatic rings. The van der Waals surface area contributed by atoms with Crippen LogP contribution in [0.15, 0.2) is 0 Å². The fraction of sp³-hybridized carbons (Fsp3) is 1.00. The molecule has 6 fully saturated rings. The van der Waals surface area contributed by atoms with Crippen LogP contribution in [-0.4, -0.2) is 29.1 Å². The van der Waals surface area contributed by atoms with Gasteiger partial charge in [0, 0.05) is 21.0 Å². The minimum atomic E-state index is -1.46. The third-order valence-electron chi connectivity index (χ3n) is 14.6. The van der Waals surface area contributed by atoms with E-state index in [0.29, 0.717) is 0 Å². The second-order valence-corrected chi connectivity index (χ2v) is 25.6. The van der Waals surface area contributed by atoms with Crippen molar-refractivity contribution in [1.82, 2.24) is 0 Å². The quantitative estimate of drug-likeness (QED) is 0.300. The average molecular weight is 589 g/mol. The molecule has 0 aromatic carbocycles. The van der Waals surface area contributed by atoms with Crippen molar-refractivity contribution in [2.45, 2.75) is 152 Å². The Balaban J connectivity index is 1.24. The molecule has 6 rings (SSSR count). The number of thioether (sulfide) groups is 2. The lowest BCUT2D eigenvalue weighted by molar-refractivity contribution is 0.107. The maximum Gasteiger partial charge on any atom is 0.0563 e. The van der Waals surface area contributed by atoms with Gasteiger partial charge in [-0.3, -0.25) is 0 Å². The molecule has 6 aliphatic rings. The second kappa shape index (κ2) is 11.1. The third kappa shape index (κ3) is 5.01. The second-order valence-electron chi connectivity index (χ2n) is 17.5. The van der Waals surface area contributed by atoms with Crippen molar-refractivity contribution in [3.8, 4) is 0 Å². The van der Waals surface area contributed by atoms with Crippen LogP contribution in [-0.2, 0) is 0 Å². The molecule has 3 heteroatoms. The highest BCUT2D eigenvalue weighted by molar-refractivity contribution is 8.01. The van der Waals surface area contributed by atoms with Crippen molar-refractivity contribution >= 4 is 31.6 Å². The van der Waals surface area contributed by atoms with Crippen LogP contribution in [0.5, 0.6) is 0 Å². The summed E-state index contributed by atoms with van der Waals surface area (Å²) >= 11 is 5.03. The Hall–Kier alpha value is 0.917. The zero-order valence-electron chi connectivity index (χ0n) is 27.4. The predicted molar refractivity (Wildman–Crippen MR) is 180 cm³/mol. The Bertz CT molecular complexity index is 804. The summed E-state index contributed by atoms with van der Waals surface area (Å²) in [7, 11) is -1.46. The molecule has 2 aliphatic heterocycles. The van der Waals surface area contributed by atoms with Gasteiger partial charge >= 0.3 is 0 Å². The van der Waals surface area contributed by atoms with Gasteiger partial charge in [0.05, 0.1) is 8.07 Å². The molecular formula is C36H64S2Si. The molecule has 2 saturated heterocycles. The molecule has 0 bridgehead atoms. The summed E-state index contributed by atoms with van der Waals surface area (Å²) in [6, 6.07) is 0. The SMILES string of the molecule is CC1CCC(C)C(C2C(C)SC3C2CC(C)C3[Si](C)(C)C2C(C)CC3C2SC(C)C3C2CC(C)CCC2C)C1. The zero-order chi connectivity index (χ0) is 28.0. The van der Waals surface area contributed by atoms with Gasteiger partial charge in [0.1, 0.15) is 0 Å². The average Bonchev–Trinajstić information content (AvgIpc) is 3.53. The molecule has 18 atom stereocenters. The molecule has 4 aliphatic carbocycles. The van der Waals surface area contributed by atoms with Crippen molar-refractivity contribution < 1.29 is 0 Å². The molecule has 2 heterocycles. The van der Waals surface area contributed by atoms with E-state index < -0.39 is 8.07 Å². The molecule has 0 spiro atoms. The van der Waals surface area contributed by atoms with Crippen LogP contribution in [0.1, 0.15) is 107 Å². The van der Waals surface area contributed by atoms with E-state index in [-0.39, 0.29) is 0 Å². The number of hydrogen-bond acceptors (Lipinski definition) is 2. The first-order chi connectivity index (χ1) is 18.4. The van der Waals surface area contributed by atoms with Gasteiger partial charge in [0.15, 0.2) is 0 Å².